The number of nitrogens with one attached hydrogen (secondary N) is 1. The summed E-state index contributed by atoms with van der Waals surface area (Å²) in [5, 5.41) is 2.78. The molecule has 0 spiro atoms. The second-order valence-electron chi connectivity index (χ2n) is 6.34. The lowest BCUT2D eigenvalue weighted by molar-refractivity contribution is 0.102. The minimum Gasteiger partial charge on any atom is -0.480 e. The Balaban J connectivity index is 1.68. The van der Waals surface area contributed by atoms with Gasteiger partial charge in [-0.05, 0) is 25.5 Å². The van der Waals surface area contributed by atoms with E-state index in [-0.39, 0.29) is 11.6 Å². The standard InChI is InChI=1S/C19H21N5O4/c1-3-28-19-16-21-14(12-6-8-27-11-12)9-24(16)10-15(23-19)17(25)22-13-5-4-7-20-18(13)26-2/h4-5,7,9-10,12H,3,6,8,11H2,1-2H3,(H,22,25)/t12-/m0/s1. The predicted octanol–water partition coefficient (Wildman–Crippen LogP) is 2.29. The summed E-state index contributed by atoms with van der Waals surface area (Å²) in [6, 6.07) is 3.42. The number of carbonyl (C=O) groups is 1. The zero-order valence-electron chi connectivity index (χ0n) is 15.7. The fourth-order valence-corrected chi connectivity index (χ4v) is 3.13. The van der Waals surface area contributed by atoms with E-state index in [2.05, 4.69) is 20.3 Å². The van der Waals surface area contributed by atoms with E-state index in [0.29, 0.717) is 36.3 Å². The number of imidazole rings is 1. The van der Waals surface area contributed by atoms with Gasteiger partial charge in [-0.15, -0.1) is 0 Å². The molecule has 0 unspecified atom stereocenters. The van der Waals surface area contributed by atoms with Crippen LogP contribution in [0, 0.1) is 0 Å². The zero-order chi connectivity index (χ0) is 19.5. The van der Waals surface area contributed by atoms with Gasteiger partial charge >= 0.3 is 0 Å². The molecule has 0 saturated carbocycles. The average Bonchev–Trinajstić information content (AvgIpc) is 3.38. The van der Waals surface area contributed by atoms with Crippen LogP contribution in [-0.4, -0.2) is 52.2 Å². The van der Waals surface area contributed by atoms with Gasteiger partial charge in [0.2, 0.25) is 11.5 Å². The van der Waals surface area contributed by atoms with Gasteiger partial charge in [0.1, 0.15) is 11.4 Å². The quantitative estimate of drug-likeness (QED) is 0.697. The molecule has 146 valence electrons. The lowest BCUT2D eigenvalue weighted by atomic mass is 10.1. The first-order valence-corrected chi connectivity index (χ1v) is 9.10. The normalized spacial score (nSPS) is 16.3. The van der Waals surface area contributed by atoms with E-state index in [9.17, 15) is 4.79 Å². The fraction of sp³-hybridized carbons (Fsp3) is 0.368. The highest BCUT2D eigenvalue weighted by Gasteiger charge is 2.23. The van der Waals surface area contributed by atoms with Gasteiger partial charge in [0.15, 0.2) is 0 Å². The molecule has 9 nitrogen and oxygen atoms in total. The topological polar surface area (TPSA) is 99.9 Å². The molecule has 0 aromatic carbocycles. The van der Waals surface area contributed by atoms with Crippen LogP contribution >= 0.6 is 0 Å². The minimum atomic E-state index is -0.395. The molecular formula is C19H21N5O4. The summed E-state index contributed by atoms with van der Waals surface area (Å²) in [6.07, 6.45) is 6.06. The number of aromatic nitrogens is 4. The van der Waals surface area contributed by atoms with Crippen molar-refractivity contribution < 1.29 is 19.0 Å². The molecule has 1 aliphatic heterocycles. The minimum absolute atomic E-state index is 0.202. The molecule has 3 aromatic heterocycles. The average molecular weight is 383 g/mol. The maximum atomic E-state index is 12.8. The lowest BCUT2D eigenvalue weighted by Crippen LogP contribution is -2.16. The summed E-state index contributed by atoms with van der Waals surface area (Å²) in [4.78, 5) is 25.9. The number of carbonyl (C=O) groups excluding carboxylic acids is 1. The van der Waals surface area contributed by atoms with Gasteiger partial charge in [0.05, 0.1) is 26.0 Å². The first kappa shape index (κ1) is 18.2. The van der Waals surface area contributed by atoms with Crippen molar-refractivity contribution >= 4 is 17.2 Å². The van der Waals surface area contributed by atoms with E-state index >= 15 is 0 Å². The predicted molar refractivity (Wildman–Crippen MR) is 101 cm³/mol. The third-order valence-electron chi connectivity index (χ3n) is 4.50. The molecule has 3 aromatic rings. The Labute approximate surface area is 161 Å². The van der Waals surface area contributed by atoms with E-state index in [1.807, 2.05) is 13.1 Å². The number of ether oxygens (including phenoxy) is 3. The monoisotopic (exact) mass is 383 g/mol. The smallest absolute Gasteiger partial charge is 0.276 e. The first-order valence-electron chi connectivity index (χ1n) is 9.10. The maximum Gasteiger partial charge on any atom is 0.276 e. The van der Waals surface area contributed by atoms with Gasteiger partial charge in [-0.25, -0.2) is 15.0 Å². The molecule has 1 aliphatic rings. The van der Waals surface area contributed by atoms with Gasteiger partial charge in [-0.3, -0.25) is 9.20 Å². The van der Waals surface area contributed by atoms with Crippen LogP contribution in [0.1, 0.15) is 35.4 Å². The Morgan fingerprint density at radius 3 is 3.00 bits per heavy atom. The zero-order valence-corrected chi connectivity index (χ0v) is 15.7. The fourth-order valence-electron chi connectivity index (χ4n) is 3.13. The second kappa shape index (κ2) is 7.81. The van der Waals surface area contributed by atoms with Crippen LogP contribution < -0.4 is 14.8 Å². The van der Waals surface area contributed by atoms with Crippen molar-refractivity contribution in [2.24, 2.45) is 0 Å². The highest BCUT2D eigenvalue weighted by atomic mass is 16.5. The van der Waals surface area contributed by atoms with Gasteiger partial charge < -0.3 is 19.5 Å². The lowest BCUT2D eigenvalue weighted by Gasteiger charge is -2.10. The molecule has 1 N–H and O–H groups in total. The van der Waals surface area contributed by atoms with Crippen molar-refractivity contribution in [1.29, 1.82) is 0 Å². The summed E-state index contributed by atoms with van der Waals surface area (Å²) in [5.41, 5.74) is 2.16. The third-order valence-corrected chi connectivity index (χ3v) is 4.50. The van der Waals surface area contributed by atoms with Crippen LogP contribution in [0.5, 0.6) is 11.8 Å². The SMILES string of the molecule is CCOc1nc(C(=O)Nc2cccnc2OC)cn2cc([C@H]3CCOC3)nc12. The number of fused-ring (bicyclic) bond motifs is 1. The van der Waals surface area contributed by atoms with Crippen molar-refractivity contribution in [3.63, 3.8) is 0 Å². The number of nitrogens with zero attached hydrogens (tertiary/aromatic N) is 4. The van der Waals surface area contributed by atoms with Crippen molar-refractivity contribution in [2.45, 2.75) is 19.3 Å². The summed E-state index contributed by atoms with van der Waals surface area (Å²) >= 11 is 0. The third kappa shape index (κ3) is 3.48. The maximum absolute atomic E-state index is 12.8. The molecule has 1 fully saturated rings. The van der Waals surface area contributed by atoms with E-state index in [0.717, 1.165) is 18.7 Å². The molecule has 0 radical (unpaired) electrons. The van der Waals surface area contributed by atoms with Crippen LogP contribution in [-0.2, 0) is 4.74 Å². The Kier molecular flexibility index (Phi) is 5.07. The van der Waals surface area contributed by atoms with E-state index in [4.69, 9.17) is 14.2 Å². The number of rotatable bonds is 6. The highest BCUT2D eigenvalue weighted by molar-refractivity contribution is 6.03. The van der Waals surface area contributed by atoms with Gasteiger partial charge in [-0.2, -0.15) is 0 Å². The van der Waals surface area contributed by atoms with Gasteiger partial charge in [-0.1, -0.05) is 0 Å². The number of anilines is 1. The van der Waals surface area contributed by atoms with E-state index < -0.39 is 5.91 Å². The molecule has 1 amide bonds. The Bertz CT molecular complexity index is 997. The second-order valence-corrected chi connectivity index (χ2v) is 6.34. The summed E-state index contributed by atoms with van der Waals surface area (Å²) in [7, 11) is 1.50. The molecule has 1 atom stereocenters. The molecule has 4 heterocycles. The van der Waals surface area contributed by atoms with E-state index in [1.165, 1.54) is 7.11 Å². The van der Waals surface area contributed by atoms with Gasteiger partial charge in [0, 0.05) is 31.1 Å². The van der Waals surface area contributed by atoms with Crippen LogP contribution in [0.4, 0.5) is 5.69 Å². The number of methoxy groups -OCH3 is 1. The van der Waals surface area contributed by atoms with Crippen molar-refractivity contribution in [3.05, 3.63) is 42.1 Å². The van der Waals surface area contributed by atoms with E-state index in [1.54, 1.807) is 28.9 Å². The van der Waals surface area contributed by atoms with Crippen LogP contribution in [0.15, 0.2) is 30.7 Å². The molecular weight excluding hydrogens is 362 g/mol. The summed E-state index contributed by atoms with van der Waals surface area (Å²) < 4.78 is 18.1. The van der Waals surface area contributed by atoms with Crippen LogP contribution in [0.2, 0.25) is 0 Å². The molecule has 0 aliphatic carbocycles. The van der Waals surface area contributed by atoms with Crippen molar-refractivity contribution in [3.8, 4) is 11.8 Å². The largest absolute Gasteiger partial charge is 0.480 e. The Morgan fingerprint density at radius 2 is 2.25 bits per heavy atom. The number of hydrogen-bond acceptors (Lipinski definition) is 7. The molecule has 0 bridgehead atoms. The molecule has 28 heavy (non-hydrogen) atoms. The Morgan fingerprint density at radius 1 is 1.36 bits per heavy atom. The highest BCUT2D eigenvalue weighted by Crippen LogP contribution is 2.27. The number of amides is 1. The van der Waals surface area contributed by atoms with Crippen LogP contribution in [0.25, 0.3) is 5.65 Å². The summed E-state index contributed by atoms with van der Waals surface area (Å²) in [6.45, 7) is 3.66. The number of pyridine rings is 1. The molecule has 1 saturated heterocycles. The first-order chi connectivity index (χ1) is 13.7. The molecule has 9 heteroatoms. The summed E-state index contributed by atoms with van der Waals surface area (Å²) in [5.74, 6) is 0.492. The number of hydrogen-bond donors (Lipinski definition) is 1. The molecule has 4 rings (SSSR count). The van der Waals surface area contributed by atoms with Crippen molar-refractivity contribution in [1.82, 2.24) is 19.4 Å². The van der Waals surface area contributed by atoms with Crippen molar-refractivity contribution in [2.75, 3.05) is 32.2 Å². The Hall–Kier alpha value is -3.20. The van der Waals surface area contributed by atoms with Gasteiger partial charge in [0.25, 0.3) is 11.8 Å². The van der Waals surface area contributed by atoms with Crippen LogP contribution in [0.3, 0.4) is 0 Å².